The lowest BCUT2D eigenvalue weighted by atomic mass is 10.2. The number of carbonyl (C=O) groups excluding carboxylic acids is 1. The lowest BCUT2D eigenvalue weighted by Gasteiger charge is -2.10. The molecule has 0 spiro atoms. The van der Waals surface area contributed by atoms with Gasteiger partial charge in [-0.1, -0.05) is 18.2 Å². The summed E-state index contributed by atoms with van der Waals surface area (Å²) in [4.78, 5) is 25.9. The maximum Gasteiger partial charge on any atom is 0.274 e. The zero-order chi connectivity index (χ0) is 20.2. The minimum absolute atomic E-state index is 0.268. The number of para-hydroxylation sites is 1. The Bertz CT molecular complexity index is 1170. The highest BCUT2D eigenvalue weighted by Gasteiger charge is 2.12. The molecule has 2 aromatic heterocycles. The Morgan fingerprint density at radius 2 is 1.79 bits per heavy atom. The summed E-state index contributed by atoms with van der Waals surface area (Å²) in [6.45, 7) is 1.82. The quantitative estimate of drug-likeness (QED) is 0.531. The average molecular weight is 385 g/mol. The fourth-order valence-electron chi connectivity index (χ4n) is 2.94. The van der Waals surface area contributed by atoms with E-state index in [0.717, 1.165) is 22.3 Å². The Kier molecular flexibility index (Phi) is 5.03. The van der Waals surface area contributed by atoms with Crippen LogP contribution in [0.4, 0.5) is 17.3 Å². The van der Waals surface area contributed by atoms with Crippen molar-refractivity contribution in [2.45, 2.75) is 6.92 Å². The lowest BCUT2D eigenvalue weighted by Crippen LogP contribution is -2.15. The molecule has 0 aliphatic rings. The molecular weight excluding hydrogens is 366 g/mol. The number of nitrogens with zero attached hydrogens (tertiary/aromatic N) is 3. The number of amides is 1. The number of aromatic nitrogens is 3. The molecule has 2 heterocycles. The number of rotatable bonds is 5. The number of ether oxygens (including phenoxy) is 1. The molecule has 2 N–H and O–H groups in total. The molecule has 0 aliphatic carbocycles. The van der Waals surface area contributed by atoms with Gasteiger partial charge in [0.2, 0.25) is 5.95 Å². The number of pyridine rings is 1. The molecule has 0 saturated carbocycles. The molecule has 144 valence electrons. The van der Waals surface area contributed by atoms with Crippen molar-refractivity contribution in [2.75, 3.05) is 17.7 Å². The number of nitrogens with one attached hydrogen (secondary N) is 2. The summed E-state index contributed by atoms with van der Waals surface area (Å²) in [6, 6.07) is 18.4. The van der Waals surface area contributed by atoms with Gasteiger partial charge in [0.25, 0.3) is 5.91 Å². The molecule has 0 radical (unpaired) electrons. The highest BCUT2D eigenvalue weighted by molar-refractivity contribution is 6.03. The fourth-order valence-corrected chi connectivity index (χ4v) is 2.94. The molecule has 2 aromatic carbocycles. The van der Waals surface area contributed by atoms with Crippen LogP contribution in [0.2, 0.25) is 0 Å². The molecule has 0 aliphatic heterocycles. The van der Waals surface area contributed by atoms with Crippen LogP contribution in [0.5, 0.6) is 5.75 Å². The van der Waals surface area contributed by atoms with E-state index in [9.17, 15) is 4.79 Å². The number of methoxy groups -OCH3 is 1. The zero-order valence-electron chi connectivity index (χ0n) is 16.0. The zero-order valence-corrected chi connectivity index (χ0v) is 16.0. The maximum absolute atomic E-state index is 12.7. The second-order valence-electron chi connectivity index (χ2n) is 6.41. The first-order chi connectivity index (χ1) is 14.1. The summed E-state index contributed by atoms with van der Waals surface area (Å²) in [5.74, 6) is 0.735. The Hall–Kier alpha value is -4.00. The van der Waals surface area contributed by atoms with Gasteiger partial charge in [0, 0.05) is 23.0 Å². The number of anilines is 3. The van der Waals surface area contributed by atoms with Crippen molar-refractivity contribution in [3.05, 3.63) is 78.2 Å². The Labute approximate surface area is 167 Å². The predicted octanol–water partition coefficient (Wildman–Crippen LogP) is 4.34. The smallest absolute Gasteiger partial charge is 0.274 e. The van der Waals surface area contributed by atoms with Crippen LogP contribution < -0.4 is 15.4 Å². The predicted molar refractivity (Wildman–Crippen MR) is 113 cm³/mol. The minimum atomic E-state index is -0.320. The molecule has 7 heteroatoms. The van der Waals surface area contributed by atoms with Gasteiger partial charge in [0.1, 0.15) is 11.4 Å². The minimum Gasteiger partial charge on any atom is -0.497 e. The number of benzene rings is 2. The van der Waals surface area contributed by atoms with Gasteiger partial charge in [0.05, 0.1) is 18.3 Å². The van der Waals surface area contributed by atoms with Crippen LogP contribution in [0.15, 0.2) is 66.9 Å². The van der Waals surface area contributed by atoms with Crippen molar-refractivity contribution >= 4 is 34.1 Å². The van der Waals surface area contributed by atoms with Crippen LogP contribution in [0, 0.1) is 6.92 Å². The van der Waals surface area contributed by atoms with Gasteiger partial charge in [-0.3, -0.25) is 9.78 Å². The maximum atomic E-state index is 12.7. The summed E-state index contributed by atoms with van der Waals surface area (Å²) in [6.07, 6.45) is 1.73. The van der Waals surface area contributed by atoms with Gasteiger partial charge in [-0.25, -0.2) is 9.97 Å². The standard InChI is InChI=1S/C22H19N5O2/c1-14-13-19(21(28)25-16-8-10-17(29-2)11-9-16)27-22(24-14)26-18-7-3-5-15-6-4-12-23-20(15)18/h3-13H,1-2H3,(H,25,28)(H,24,26,27). The third-order valence-electron chi connectivity index (χ3n) is 4.31. The Morgan fingerprint density at radius 3 is 2.59 bits per heavy atom. The molecule has 7 nitrogen and oxygen atoms in total. The van der Waals surface area contributed by atoms with Gasteiger partial charge in [0.15, 0.2) is 0 Å². The second-order valence-corrected chi connectivity index (χ2v) is 6.41. The lowest BCUT2D eigenvalue weighted by molar-refractivity contribution is 0.102. The summed E-state index contributed by atoms with van der Waals surface area (Å²) in [7, 11) is 1.59. The van der Waals surface area contributed by atoms with Crippen LogP contribution in [0.25, 0.3) is 10.9 Å². The van der Waals surface area contributed by atoms with Crippen molar-refractivity contribution < 1.29 is 9.53 Å². The molecule has 0 atom stereocenters. The van der Waals surface area contributed by atoms with Crippen molar-refractivity contribution in [3.63, 3.8) is 0 Å². The van der Waals surface area contributed by atoms with Crippen LogP contribution in [0.1, 0.15) is 16.2 Å². The molecule has 0 bridgehead atoms. The molecule has 0 unspecified atom stereocenters. The summed E-state index contributed by atoms with van der Waals surface area (Å²) < 4.78 is 5.13. The molecule has 1 amide bonds. The Balaban J connectivity index is 1.59. The van der Waals surface area contributed by atoms with E-state index in [1.807, 2.05) is 37.3 Å². The number of hydrogen-bond acceptors (Lipinski definition) is 6. The van der Waals surface area contributed by atoms with Crippen LogP contribution in [-0.2, 0) is 0 Å². The van der Waals surface area contributed by atoms with Crippen molar-refractivity contribution in [1.82, 2.24) is 15.0 Å². The molecule has 0 saturated heterocycles. The van der Waals surface area contributed by atoms with Crippen molar-refractivity contribution in [2.24, 2.45) is 0 Å². The summed E-state index contributed by atoms with van der Waals surface area (Å²) in [5, 5.41) is 7.02. The van der Waals surface area contributed by atoms with E-state index in [1.54, 1.807) is 43.6 Å². The monoisotopic (exact) mass is 385 g/mol. The second kappa shape index (κ2) is 7.93. The largest absolute Gasteiger partial charge is 0.497 e. The molecule has 4 rings (SSSR count). The van der Waals surface area contributed by atoms with Gasteiger partial charge in [-0.05, 0) is 49.4 Å². The Morgan fingerprint density at radius 1 is 1.00 bits per heavy atom. The van der Waals surface area contributed by atoms with E-state index in [2.05, 4.69) is 25.6 Å². The van der Waals surface area contributed by atoms with E-state index < -0.39 is 0 Å². The highest BCUT2D eigenvalue weighted by atomic mass is 16.5. The fraction of sp³-hybridized carbons (Fsp3) is 0.0909. The third-order valence-corrected chi connectivity index (χ3v) is 4.31. The number of carbonyl (C=O) groups is 1. The topological polar surface area (TPSA) is 89.0 Å². The van der Waals surface area contributed by atoms with Crippen molar-refractivity contribution in [1.29, 1.82) is 0 Å². The van der Waals surface area contributed by atoms with Gasteiger partial charge < -0.3 is 15.4 Å². The van der Waals surface area contributed by atoms with Gasteiger partial charge >= 0.3 is 0 Å². The normalized spacial score (nSPS) is 10.6. The molecule has 29 heavy (non-hydrogen) atoms. The third kappa shape index (κ3) is 4.14. The van der Waals surface area contributed by atoms with E-state index in [0.29, 0.717) is 17.3 Å². The summed E-state index contributed by atoms with van der Waals surface area (Å²) in [5.41, 5.74) is 3.18. The molecular formula is C22H19N5O2. The number of hydrogen-bond donors (Lipinski definition) is 2. The molecule has 0 fully saturated rings. The van der Waals surface area contributed by atoms with E-state index in [4.69, 9.17) is 4.74 Å². The molecule has 4 aromatic rings. The number of fused-ring (bicyclic) bond motifs is 1. The van der Waals surface area contributed by atoms with Crippen LogP contribution in [-0.4, -0.2) is 28.0 Å². The van der Waals surface area contributed by atoms with Crippen molar-refractivity contribution in [3.8, 4) is 5.75 Å². The van der Waals surface area contributed by atoms with Crippen LogP contribution >= 0.6 is 0 Å². The number of aryl methyl sites for hydroxylation is 1. The van der Waals surface area contributed by atoms with Gasteiger partial charge in [-0.2, -0.15) is 0 Å². The first kappa shape index (κ1) is 18.4. The van der Waals surface area contributed by atoms with Gasteiger partial charge in [-0.15, -0.1) is 0 Å². The SMILES string of the molecule is COc1ccc(NC(=O)c2cc(C)nc(Nc3cccc4cccnc34)n2)cc1. The van der Waals surface area contributed by atoms with E-state index in [-0.39, 0.29) is 11.6 Å². The van der Waals surface area contributed by atoms with E-state index >= 15 is 0 Å². The summed E-state index contributed by atoms with van der Waals surface area (Å²) >= 11 is 0. The first-order valence-electron chi connectivity index (χ1n) is 9.04. The van der Waals surface area contributed by atoms with Crippen LogP contribution in [0.3, 0.4) is 0 Å². The first-order valence-corrected chi connectivity index (χ1v) is 9.04. The average Bonchev–Trinajstić information content (AvgIpc) is 2.74. The highest BCUT2D eigenvalue weighted by Crippen LogP contribution is 2.23. The van der Waals surface area contributed by atoms with E-state index in [1.165, 1.54) is 0 Å².